The van der Waals surface area contributed by atoms with E-state index < -0.39 is 18.1 Å². The van der Waals surface area contributed by atoms with Gasteiger partial charge in [-0.2, -0.15) is 9.78 Å². The van der Waals surface area contributed by atoms with Gasteiger partial charge in [-0.3, -0.25) is 9.78 Å². The molecule has 204 valence electrons. The first-order valence-electron chi connectivity index (χ1n) is 13.1. The summed E-state index contributed by atoms with van der Waals surface area (Å²) >= 11 is 0. The summed E-state index contributed by atoms with van der Waals surface area (Å²) in [5, 5.41) is 0. The van der Waals surface area contributed by atoms with E-state index >= 15 is 0 Å². The van der Waals surface area contributed by atoms with Crippen LogP contribution in [-0.4, -0.2) is 42.5 Å². The van der Waals surface area contributed by atoms with Gasteiger partial charge in [0.2, 0.25) is 0 Å². The summed E-state index contributed by atoms with van der Waals surface area (Å²) in [5.74, 6) is -1.06. The molecule has 38 heavy (non-hydrogen) atoms. The van der Waals surface area contributed by atoms with Crippen LogP contribution < -0.4 is 0 Å². The van der Waals surface area contributed by atoms with Crippen molar-refractivity contribution in [3.05, 3.63) is 70.8 Å². The van der Waals surface area contributed by atoms with Gasteiger partial charge in [-0.05, 0) is 89.5 Å². The SMILES string of the molecule is Cc1ccc(C(=O)OOC2CCC(OC(=O)OC3CCC(OOC(=O)c4ccc(C)cc4)CC3)CC2)cc1. The summed E-state index contributed by atoms with van der Waals surface area (Å²) in [6.07, 6.45) is 3.07. The summed E-state index contributed by atoms with van der Waals surface area (Å²) < 4.78 is 11.0. The third-order valence-electron chi connectivity index (χ3n) is 6.86. The molecule has 4 rings (SSSR count). The van der Waals surface area contributed by atoms with E-state index in [1.54, 1.807) is 24.3 Å². The van der Waals surface area contributed by atoms with Crippen LogP contribution in [0.2, 0.25) is 0 Å². The first kappa shape index (κ1) is 27.6. The van der Waals surface area contributed by atoms with Crippen LogP contribution in [0.5, 0.6) is 0 Å². The molecule has 2 aliphatic rings. The van der Waals surface area contributed by atoms with Crippen LogP contribution in [0.3, 0.4) is 0 Å². The van der Waals surface area contributed by atoms with E-state index in [1.807, 2.05) is 38.1 Å². The lowest BCUT2D eigenvalue weighted by Crippen LogP contribution is -2.32. The Morgan fingerprint density at radius 3 is 1.18 bits per heavy atom. The number of hydrogen-bond donors (Lipinski definition) is 0. The van der Waals surface area contributed by atoms with Gasteiger partial charge in [0.05, 0.1) is 11.1 Å². The minimum Gasteiger partial charge on any atom is -0.431 e. The Morgan fingerprint density at radius 1 is 0.526 bits per heavy atom. The number of hydrogen-bond acceptors (Lipinski definition) is 9. The molecule has 0 saturated heterocycles. The molecule has 9 nitrogen and oxygen atoms in total. The molecule has 0 amide bonds. The van der Waals surface area contributed by atoms with Crippen molar-refractivity contribution in [2.75, 3.05) is 0 Å². The van der Waals surface area contributed by atoms with Crippen molar-refractivity contribution >= 4 is 18.1 Å². The van der Waals surface area contributed by atoms with Gasteiger partial charge in [-0.25, -0.2) is 14.4 Å². The largest absolute Gasteiger partial charge is 0.508 e. The molecule has 0 N–H and O–H groups in total. The summed E-state index contributed by atoms with van der Waals surface area (Å²) in [7, 11) is 0. The molecule has 2 fully saturated rings. The Morgan fingerprint density at radius 2 is 0.842 bits per heavy atom. The fourth-order valence-corrected chi connectivity index (χ4v) is 4.49. The topological polar surface area (TPSA) is 107 Å². The standard InChI is InChI=1S/C29H34O9/c1-19-3-7-21(8-4-19)27(30)37-35-25-15-11-23(12-16-25)33-29(32)34-24-13-17-26(18-14-24)36-38-28(31)22-9-5-20(2)6-10-22/h3-10,23-26H,11-18H2,1-2H3. The van der Waals surface area contributed by atoms with Crippen LogP contribution in [0.15, 0.2) is 48.5 Å². The predicted octanol–water partition coefficient (Wildman–Crippen LogP) is 5.96. The molecule has 2 saturated carbocycles. The number of carbonyl (C=O) groups excluding carboxylic acids is 3. The van der Waals surface area contributed by atoms with E-state index in [1.165, 1.54) is 0 Å². The maximum absolute atomic E-state index is 12.3. The van der Waals surface area contributed by atoms with Crippen LogP contribution >= 0.6 is 0 Å². The zero-order valence-electron chi connectivity index (χ0n) is 21.8. The molecular formula is C29H34O9. The van der Waals surface area contributed by atoms with Crippen molar-refractivity contribution in [1.29, 1.82) is 0 Å². The molecule has 9 heteroatoms. The quantitative estimate of drug-likeness (QED) is 0.234. The van der Waals surface area contributed by atoms with Gasteiger partial charge in [-0.1, -0.05) is 35.4 Å². The third-order valence-corrected chi connectivity index (χ3v) is 6.86. The fourth-order valence-electron chi connectivity index (χ4n) is 4.49. The maximum atomic E-state index is 12.3. The first-order valence-corrected chi connectivity index (χ1v) is 13.1. The number of benzene rings is 2. The molecule has 0 atom stereocenters. The second kappa shape index (κ2) is 13.4. The molecule has 2 aliphatic carbocycles. The second-order valence-corrected chi connectivity index (χ2v) is 9.95. The van der Waals surface area contributed by atoms with Crippen LogP contribution in [-0.2, 0) is 29.0 Å². The summed E-state index contributed by atoms with van der Waals surface area (Å²) in [6.45, 7) is 3.88. The van der Waals surface area contributed by atoms with E-state index in [0.717, 1.165) is 11.1 Å². The number of ether oxygens (including phenoxy) is 2. The van der Waals surface area contributed by atoms with Gasteiger partial charge in [0.25, 0.3) is 0 Å². The molecule has 0 heterocycles. The molecule has 0 radical (unpaired) electrons. The Kier molecular flexibility index (Phi) is 9.73. The molecular weight excluding hydrogens is 492 g/mol. The highest BCUT2D eigenvalue weighted by Gasteiger charge is 2.30. The van der Waals surface area contributed by atoms with Gasteiger partial charge >= 0.3 is 18.1 Å². The smallest absolute Gasteiger partial charge is 0.431 e. The van der Waals surface area contributed by atoms with Crippen LogP contribution in [0, 0.1) is 13.8 Å². The van der Waals surface area contributed by atoms with Gasteiger partial charge < -0.3 is 9.47 Å². The van der Waals surface area contributed by atoms with Crippen molar-refractivity contribution in [2.45, 2.75) is 89.6 Å². The molecule has 2 aromatic carbocycles. The second-order valence-electron chi connectivity index (χ2n) is 9.95. The highest BCUT2D eigenvalue weighted by molar-refractivity contribution is 5.89. The lowest BCUT2D eigenvalue weighted by atomic mass is 9.95. The third kappa shape index (κ3) is 8.29. The van der Waals surface area contributed by atoms with Gasteiger partial charge in [0, 0.05) is 0 Å². The van der Waals surface area contributed by atoms with Crippen molar-refractivity contribution in [2.24, 2.45) is 0 Å². The Hall–Kier alpha value is -3.43. The van der Waals surface area contributed by atoms with Crippen LogP contribution in [0.4, 0.5) is 4.79 Å². The monoisotopic (exact) mass is 526 g/mol. The van der Waals surface area contributed by atoms with E-state index in [4.69, 9.17) is 29.0 Å². The van der Waals surface area contributed by atoms with Gasteiger partial charge in [-0.15, -0.1) is 0 Å². The van der Waals surface area contributed by atoms with Crippen LogP contribution in [0.1, 0.15) is 83.2 Å². The highest BCUT2D eigenvalue weighted by Crippen LogP contribution is 2.27. The van der Waals surface area contributed by atoms with E-state index in [9.17, 15) is 14.4 Å². The normalized spacial score (nSPS) is 23.2. The van der Waals surface area contributed by atoms with Crippen molar-refractivity contribution in [1.82, 2.24) is 0 Å². The van der Waals surface area contributed by atoms with E-state index in [2.05, 4.69) is 0 Å². The molecule has 0 unspecified atom stereocenters. The molecule has 0 spiro atoms. The zero-order valence-corrected chi connectivity index (χ0v) is 21.8. The van der Waals surface area contributed by atoms with Crippen molar-refractivity contribution in [3.63, 3.8) is 0 Å². The number of aryl methyl sites for hydroxylation is 2. The Balaban J connectivity index is 1.07. The number of rotatable bonds is 8. The van der Waals surface area contributed by atoms with Gasteiger partial charge in [0.1, 0.15) is 24.4 Å². The Labute approximate surface area is 222 Å². The summed E-state index contributed by atoms with van der Waals surface area (Å²) in [6, 6.07) is 14.1. The average Bonchev–Trinajstić information content (AvgIpc) is 2.92. The summed E-state index contributed by atoms with van der Waals surface area (Å²) in [5.41, 5.74) is 2.97. The number of carbonyl (C=O) groups is 3. The lowest BCUT2D eigenvalue weighted by molar-refractivity contribution is -0.282. The lowest BCUT2D eigenvalue weighted by Gasteiger charge is -2.29. The molecule has 0 bridgehead atoms. The predicted molar refractivity (Wildman–Crippen MR) is 135 cm³/mol. The minimum atomic E-state index is -0.685. The maximum Gasteiger partial charge on any atom is 0.508 e. The van der Waals surface area contributed by atoms with Crippen LogP contribution in [0.25, 0.3) is 0 Å². The van der Waals surface area contributed by atoms with E-state index in [0.29, 0.717) is 62.5 Å². The minimum absolute atomic E-state index is 0.240. The van der Waals surface area contributed by atoms with E-state index in [-0.39, 0.29) is 24.4 Å². The summed E-state index contributed by atoms with van der Waals surface area (Å²) in [4.78, 5) is 57.1. The average molecular weight is 527 g/mol. The highest BCUT2D eigenvalue weighted by atomic mass is 17.2. The molecule has 2 aromatic rings. The Bertz CT molecular complexity index is 979. The van der Waals surface area contributed by atoms with Gasteiger partial charge in [0.15, 0.2) is 0 Å². The fraction of sp³-hybridized carbons (Fsp3) is 0.483. The van der Waals surface area contributed by atoms with Crippen molar-refractivity contribution in [3.8, 4) is 0 Å². The zero-order chi connectivity index (χ0) is 26.9. The molecule has 0 aromatic heterocycles. The molecule has 0 aliphatic heterocycles. The first-order chi connectivity index (χ1) is 18.4. The van der Waals surface area contributed by atoms with Crippen molar-refractivity contribution < 1.29 is 43.4 Å².